The predicted octanol–water partition coefficient (Wildman–Crippen LogP) is 0.969. The van der Waals surface area contributed by atoms with Gasteiger partial charge in [0.25, 0.3) is 0 Å². The maximum Gasteiger partial charge on any atom is 0.328 e. The summed E-state index contributed by atoms with van der Waals surface area (Å²) < 4.78 is 0. The number of hydrogen-bond donors (Lipinski definition) is 2. The van der Waals surface area contributed by atoms with Crippen LogP contribution in [0.15, 0.2) is 30.5 Å². The Bertz CT molecular complexity index is 413. The molecule has 5 heteroatoms. The first kappa shape index (κ1) is 10.9. The summed E-state index contributed by atoms with van der Waals surface area (Å²) in [6, 6.07) is 3.31. The first-order valence-corrected chi connectivity index (χ1v) is 4.22. The van der Waals surface area contributed by atoms with Crippen molar-refractivity contribution >= 4 is 17.6 Å². The lowest BCUT2D eigenvalue weighted by Crippen LogP contribution is -2.08. The van der Waals surface area contributed by atoms with Crippen molar-refractivity contribution in [1.29, 1.82) is 0 Å². The van der Waals surface area contributed by atoms with E-state index in [-0.39, 0.29) is 0 Å². The van der Waals surface area contributed by atoms with Crippen molar-refractivity contribution in [3.8, 4) is 0 Å². The number of carbonyl (C=O) groups is 2. The number of carboxylic acid groups (broad SMARTS) is 1. The lowest BCUT2D eigenvalue weighted by molar-refractivity contribution is -0.131. The molecule has 1 amide bonds. The van der Waals surface area contributed by atoms with E-state index in [0.29, 0.717) is 5.69 Å². The Morgan fingerprint density at radius 2 is 2.20 bits per heavy atom. The smallest absolute Gasteiger partial charge is 0.328 e. The minimum absolute atomic E-state index is 0.483. The van der Waals surface area contributed by atoms with Gasteiger partial charge in [-0.2, -0.15) is 0 Å². The summed E-state index contributed by atoms with van der Waals surface area (Å²) in [5.74, 6) is -1.64. The van der Waals surface area contributed by atoms with E-state index < -0.39 is 11.9 Å². The van der Waals surface area contributed by atoms with E-state index >= 15 is 0 Å². The van der Waals surface area contributed by atoms with Crippen LogP contribution in [0.5, 0.6) is 0 Å². The molecule has 5 nitrogen and oxygen atoms in total. The molecule has 0 aromatic carbocycles. The lowest BCUT2D eigenvalue weighted by Gasteiger charge is -2.01. The van der Waals surface area contributed by atoms with Crippen molar-refractivity contribution in [2.75, 3.05) is 5.32 Å². The number of rotatable bonds is 3. The zero-order chi connectivity index (χ0) is 11.3. The van der Waals surface area contributed by atoms with Crippen molar-refractivity contribution in [2.45, 2.75) is 6.92 Å². The van der Waals surface area contributed by atoms with Gasteiger partial charge in [-0.05, 0) is 19.1 Å². The molecule has 0 saturated carbocycles. The van der Waals surface area contributed by atoms with Crippen LogP contribution in [0.3, 0.4) is 0 Å². The summed E-state index contributed by atoms with van der Waals surface area (Å²) in [6.45, 7) is 1.79. The third kappa shape index (κ3) is 4.04. The molecular weight excluding hydrogens is 196 g/mol. The quantitative estimate of drug-likeness (QED) is 0.722. The second-order valence-electron chi connectivity index (χ2n) is 2.85. The molecule has 15 heavy (non-hydrogen) atoms. The van der Waals surface area contributed by atoms with Crippen LogP contribution in [0.2, 0.25) is 0 Å². The molecule has 0 aliphatic heterocycles. The zero-order valence-corrected chi connectivity index (χ0v) is 8.10. The summed E-state index contributed by atoms with van der Waals surface area (Å²) in [5, 5.41) is 10.8. The number of carbonyl (C=O) groups excluding carboxylic acids is 1. The SMILES string of the molecule is Cc1cc(NC(=O)/C=C\C(=O)O)ccn1. The maximum absolute atomic E-state index is 11.1. The second kappa shape index (κ2) is 4.90. The Morgan fingerprint density at radius 1 is 1.47 bits per heavy atom. The van der Waals surface area contributed by atoms with Crippen molar-refractivity contribution in [3.63, 3.8) is 0 Å². The molecule has 1 heterocycles. The van der Waals surface area contributed by atoms with Crippen LogP contribution < -0.4 is 5.32 Å². The minimum Gasteiger partial charge on any atom is -0.478 e. The van der Waals surface area contributed by atoms with E-state index in [1.54, 1.807) is 25.3 Å². The molecule has 0 unspecified atom stereocenters. The highest BCUT2D eigenvalue weighted by Crippen LogP contribution is 2.06. The minimum atomic E-state index is -1.16. The van der Waals surface area contributed by atoms with Crippen LogP contribution in [0.1, 0.15) is 5.69 Å². The highest BCUT2D eigenvalue weighted by molar-refractivity contribution is 6.02. The number of pyridine rings is 1. The van der Waals surface area contributed by atoms with Crippen LogP contribution in [0.4, 0.5) is 5.69 Å². The molecule has 0 bridgehead atoms. The maximum atomic E-state index is 11.1. The normalized spacial score (nSPS) is 10.2. The first-order chi connectivity index (χ1) is 7.08. The third-order valence-electron chi connectivity index (χ3n) is 1.54. The fourth-order valence-electron chi connectivity index (χ4n) is 0.954. The molecule has 0 atom stereocenters. The highest BCUT2D eigenvalue weighted by atomic mass is 16.4. The molecule has 1 aromatic heterocycles. The van der Waals surface area contributed by atoms with Gasteiger partial charge in [-0.3, -0.25) is 9.78 Å². The van der Waals surface area contributed by atoms with Crippen molar-refractivity contribution in [3.05, 3.63) is 36.2 Å². The molecular formula is C10H10N2O3. The molecule has 0 fully saturated rings. The van der Waals surface area contributed by atoms with Crippen LogP contribution >= 0.6 is 0 Å². The van der Waals surface area contributed by atoms with Crippen molar-refractivity contribution in [2.24, 2.45) is 0 Å². The lowest BCUT2D eigenvalue weighted by atomic mass is 10.3. The molecule has 0 aliphatic carbocycles. The molecule has 0 saturated heterocycles. The first-order valence-electron chi connectivity index (χ1n) is 4.22. The summed E-state index contributed by atoms with van der Waals surface area (Å²) in [7, 11) is 0. The topological polar surface area (TPSA) is 79.3 Å². The summed E-state index contributed by atoms with van der Waals surface area (Å²) >= 11 is 0. The number of carboxylic acids is 1. The molecule has 0 radical (unpaired) electrons. The summed E-state index contributed by atoms with van der Waals surface area (Å²) in [5.41, 5.74) is 1.36. The van der Waals surface area contributed by atoms with Crippen LogP contribution in [-0.2, 0) is 9.59 Å². The molecule has 0 spiro atoms. The second-order valence-corrected chi connectivity index (χ2v) is 2.85. The molecule has 1 rings (SSSR count). The third-order valence-corrected chi connectivity index (χ3v) is 1.54. The van der Waals surface area contributed by atoms with Gasteiger partial charge in [0.1, 0.15) is 0 Å². The fraction of sp³-hybridized carbons (Fsp3) is 0.100. The standard InChI is InChI=1S/C10H10N2O3/c1-7-6-8(4-5-11-7)12-9(13)2-3-10(14)15/h2-6H,1H3,(H,14,15)(H,11,12,13)/b3-2-. The van der Waals surface area contributed by atoms with Gasteiger partial charge in [0.15, 0.2) is 0 Å². The van der Waals surface area contributed by atoms with Gasteiger partial charge in [-0.25, -0.2) is 4.79 Å². The monoisotopic (exact) mass is 206 g/mol. The van der Waals surface area contributed by atoms with Crippen molar-refractivity contribution < 1.29 is 14.7 Å². The number of aliphatic carboxylic acids is 1. The highest BCUT2D eigenvalue weighted by Gasteiger charge is 1.98. The van der Waals surface area contributed by atoms with E-state index in [2.05, 4.69) is 10.3 Å². The molecule has 78 valence electrons. The van der Waals surface area contributed by atoms with Gasteiger partial charge in [0.2, 0.25) is 5.91 Å². The largest absolute Gasteiger partial charge is 0.478 e. The molecule has 0 aliphatic rings. The van der Waals surface area contributed by atoms with Gasteiger partial charge >= 0.3 is 5.97 Å². The fourth-order valence-corrected chi connectivity index (χ4v) is 0.954. The number of nitrogens with one attached hydrogen (secondary N) is 1. The van der Waals surface area contributed by atoms with Gasteiger partial charge < -0.3 is 10.4 Å². The number of nitrogens with zero attached hydrogens (tertiary/aromatic N) is 1. The molecule has 2 N–H and O–H groups in total. The average Bonchev–Trinajstić information content (AvgIpc) is 2.15. The van der Waals surface area contributed by atoms with E-state index in [4.69, 9.17) is 5.11 Å². The van der Waals surface area contributed by atoms with Gasteiger partial charge in [-0.1, -0.05) is 0 Å². The molecule has 1 aromatic rings. The van der Waals surface area contributed by atoms with Gasteiger partial charge in [-0.15, -0.1) is 0 Å². The van der Waals surface area contributed by atoms with Crippen LogP contribution in [0, 0.1) is 6.92 Å². The van der Waals surface area contributed by atoms with Gasteiger partial charge in [0, 0.05) is 29.7 Å². The number of anilines is 1. The Labute approximate surface area is 86.5 Å². The number of aryl methyl sites for hydroxylation is 1. The Hall–Kier alpha value is -2.17. The van der Waals surface area contributed by atoms with Gasteiger partial charge in [0.05, 0.1) is 0 Å². The number of aromatic nitrogens is 1. The Morgan fingerprint density at radius 3 is 2.80 bits per heavy atom. The Balaban J connectivity index is 2.63. The van der Waals surface area contributed by atoms with Crippen LogP contribution in [0.25, 0.3) is 0 Å². The van der Waals surface area contributed by atoms with Crippen molar-refractivity contribution in [1.82, 2.24) is 4.98 Å². The number of hydrogen-bond acceptors (Lipinski definition) is 3. The van der Waals surface area contributed by atoms with Crippen LogP contribution in [-0.4, -0.2) is 22.0 Å². The summed E-state index contributed by atoms with van der Waals surface area (Å²) in [6.07, 6.45) is 3.30. The summed E-state index contributed by atoms with van der Waals surface area (Å²) in [4.78, 5) is 25.2. The number of amides is 1. The van der Waals surface area contributed by atoms with E-state index in [0.717, 1.165) is 17.8 Å². The average molecular weight is 206 g/mol. The zero-order valence-electron chi connectivity index (χ0n) is 8.10. The Kier molecular flexibility index (Phi) is 3.56. The van der Waals surface area contributed by atoms with E-state index in [9.17, 15) is 9.59 Å². The van der Waals surface area contributed by atoms with E-state index in [1.807, 2.05) is 0 Å². The predicted molar refractivity (Wildman–Crippen MR) is 54.4 cm³/mol. The van der Waals surface area contributed by atoms with E-state index in [1.165, 1.54) is 0 Å².